The lowest BCUT2D eigenvalue weighted by atomic mass is 10.0. The molecule has 0 fully saturated rings. The highest BCUT2D eigenvalue weighted by molar-refractivity contribution is 7.80. The number of H-pyrrole nitrogens is 1. The number of phenolic OH excluding ortho intramolecular Hbond substituents is 2. The summed E-state index contributed by atoms with van der Waals surface area (Å²) in [5, 5.41) is 30.3. The molecule has 0 saturated heterocycles. The molecular formula is C21H22N4O2S. The summed E-state index contributed by atoms with van der Waals surface area (Å²) in [5.74, 6) is 0.358. The first-order chi connectivity index (χ1) is 13.4. The SMILES string of the molecule is CCc1cc(-n2nnc(S)c2-c2cccc3[nH]c(C(C)C)cc23)c(O)cc1O. The molecule has 0 aliphatic rings. The Bertz CT molecular complexity index is 1180. The predicted molar refractivity (Wildman–Crippen MR) is 113 cm³/mol. The first kappa shape index (κ1) is 18.4. The van der Waals surface area contributed by atoms with Crippen LogP contribution in [0.1, 0.15) is 37.9 Å². The molecule has 0 amide bonds. The third kappa shape index (κ3) is 2.92. The molecule has 0 radical (unpaired) electrons. The molecule has 7 heteroatoms. The Kier molecular flexibility index (Phi) is 4.55. The fourth-order valence-corrected chi connectivity index (χ4v) is 3.69. The number of aryl methyl sites for hydroxylation is 1. The highest BCUT2D eigenvalue weighted by Gasteiger charge is 2.20. The van der Waals surface area contributed by atoms with Gasteiger partial charge in [-0.3, -0.25) is 0 Å². The quantitative estimate of drug-likeness (QED) is 0.375. The Morgan fingerprint density at radius 2 is 1.93 bits per heavy atom. The highest BCUT2D eigenvalue weighted by atomic mass is 32.1. The number of nitrogens with one attached hydrogen (secondary N) is 1. The van der Waals surface area contributed by atoms with E-state index in [9.17, 15) is 10.2 Å². The van der Waals surface area contributed by atoms with Crippen LogP contribution in [-0.2, 0) is 6.42 Å². The van der Waals surface area contributed by atoms with Crippen molar-refractivity contribution in [1.29, 1.82) is 0 Å². The maximum Gasteiger partial charge on any atom is 0.145 e. The second kappa shape index (κ2) is 6.91. The van der Waals surface area contributed by atoms with Crippen LogP contribution in [0, 0.1) is 0 Å². The lowest BCUT2D eigenvalue weighted by Gasteiger charge is -2.12. The van der Waals surface area contributed by atoms with Crippen LogP contribution in [-0.4, -0.2) is 30.2 Å². The van der Waals surface area contributed by atoms with Crippen molar-refractivity contribution < 1.29 is 10.2 Å². The second-order valence-corrected chi connectivity index (χ2v) is 7.57. The van der Waals surface area contributed by atoms with E-state index in [0.717, 1.165) is 27.7 Å². The Morgan fingerprint density at radius 3 is 2.64 bits per heavy atom. The summed E-state index contributed by atoms with van der Waals surface area (Å²) >= 11 is 4.52. The van der Waals surface area contributed by atoms with Gasteiger partial charge in [0.2, 0.25) is 0 Å². The monoisotopic (exact) mass is 394 g/mol. The van der Waals surface area contributed by atoms with Crippen molar-refractivity contribution >= 4 is 23.5 Å². The average molecular weight is 395 g/mol. The molecule has 4 aromatic rings. The molecule has 0 aliphatic carbocycles. The summed E-state index contributed by atoms with van der Waals surface area (Å²) in [7, 11) is 0. The number of hydrogen-bond donors (Lipinski definition) is 4. The molecule has 2 aromatic heterocycles. The zero-order valence-electron chi connectivity index (χ0n) is 15.9. The van der Waals surface area contributed by atoms with Gasteiger partial charge in [-0.05, 0) is 36.1 Å². The lowest BCUT2D eigenvalue weighted by Crippen LogP contribution is -2.01. The van der Waals surface area contributed by atoms with Gasteiger partial charge in [-0.1, -0.05) is 38.1 Å². The third-order valence-electron chi connectivity index (χ3n) is 5.00. The first-order valence-corrected chi connectivity index (χ1v) is 9.67. The van der Waals surface area contributed by atoms with Crippen molar-refractivity contribution in [2.75, 3.05) is 0 Å². The highest BCUT2D eigenvalue weighted by Crippen LogP contribution is 2.37. The molecule has 3 N–H and O–H groups in total. The van der Waals surface area contributed by atoms with Gasteiger partial charge >= 0.3 is 0 Å². The number of rotatable bonds is 4. The van der Waals surface area contributed by atoms with Gasteiger partial charge in [-0.25, -0.2) is 4.68 Å². The topological polar surface area (TPSA) is 87.0 Å². The van der Waals surface area contributed by atoms with Crippen molar-refractivity contribution in [2.24, 2.45) is 0 Å². The molecule has 2 heterocycles. The number of benzene rings is 2. The number of fused-ring (bicyclic) bond motifs is 1. The largest absolute Gasteiger partial charge is 0.508 e. The number of thiol groups is 1. The van der Waals surface area contributed by atoms with E-state index in [1.807, 2.05) is 25.1 Å². The zero-order valence-corrected chi connectivity index (χ0v) is 16.8. The van der Waals surface area contributed by atoms with Crippen LogP contribution >= 0.6 is 12.6 Å². The molecule has 2 aromatic carbocycles. The molecule has 0 saturated carbocycles. The van der Waals surface area contributed by atoms with Crippen LogP contribution in [0.25, 0.3) is 27.8 Å². The average Bonchev–Trinajstić information content (AvgIpc) is 3.25. The molecule has 0 aliphatic heterocycles. The second-order valence-electron chi connectivity index (χ2n) is 7.14. The summed E-state index contributed by atoms with van der Waals surface area (Å²) in [5.41, 5.74) is 4.94. The number of phenols is 2. The van der Waals surface area contributed by atoms with Crippen molar-refractivity contribution in [2.45, 2.75) is 38.1 Å². The van der Waals surface area contributed by atoms with Gasteiger partial charge in [-0.15, -0.1) is 17.7 Å². The number of aromatic amines is 1. The van der Waals surface area contributed by atoms with E-state index in [0.29, 0.717) is 28.7 Å². The number of aromatic hydroxyl groups is 2. The molecule has 0 spiro atoms. The van der Waals surface area contributed by atoms with Gasteiger partial charge in [0.15, 0.2) is 0 Å². The zero-order chi connectivity index (χ0) is 20.0. The smallest absolute Gasteiger partial charge is 0.145 e. The van der Waals surface area contributed by atoms with E-state index < -0.39 is 0 Å². The normalized spacial score (nSPS) is 11.6. The molecule has 144 valence electrons. The molecule has 4 rings (SSSR count). The van der Waals surface area contributed by atoms with Crippen molar-refractivity contribution in [1.82, 2.24) is 20.0 Å². The summed E-state index contributed by atoms with van der Waals surface area (Å²) in [6, 6.07) is 11.2. The van der Waals surface area contributed by atoms with Gasteiger partial charge in [0.1, 0.15) is 27.9 Å². The molecule has 0 unspecified atom stereocenters. The van der Waals surface area contributed by atoms with Crippen LogP contribution < -0.4 is 0 Å². The molecule has 28 heavy (non-hydrogen) atoms. The standard InChI is InChI=1S/C21H22N4O2S/c1-4-12-8-17(19(27)10-18(12)26)25-20(21(28)23-24-25)13-6-5-7-15-14(13)9-16(22-15)11(2)3/h5-11,22,26-28H,4H2,1-3H3. The van der Waals surface area contributed by atoms with E-state index in [4.69, 9.17) is 0 Å². The lowest BCUT2D eigenvalue weighted by molar-refractivity contribution is 0.443. The first-order valence-electron chi connectivity index (χ1n) is 9.22. The van der Waals surface area contributed by atoms with E-state index in [1.165, 1.54) is 6.07 Å². The Hall–Kier alpha value is -2.93. The maximum absolute atomic E-state index is 10.5. The van der Waals surface area contributed by atoms with Crippen molar-refractivity contribution in [3.63, 3.8) is 0 Å². The van der Waals surface area contributed by atoms with E-state index in [1.54, 1.807) is 10.7 Å². The van der Waals surface area contributed by atoms with Crippen molar-refractivity contribution in [3.05, 3.63) is 47.7 Å². The van der Waals surface area contributed by atoms with Gasteiger partial charge in [0.05, 0.1) is 0 Å². The third-order valence-corrected chi connectivity index (χ3v) is 5.30. The van der Waals surface area contributed by atoms with Crippen LogP contribution in [0.3, 0.4) is 0 Å². The number of aromatic nitrogens is 4. The minimum absolute atomic E-state index is 0.0609. The summed E-state index contributed by atoms with van der Waals surface area (Å²) in [4.78, 5) is 3.46. The number of hydrogen-bond acceptors (Lipinski definition) is 5. The van der Waals surface area contributed by atoms with Crippen LogP contribution in [0.2, 0.25) is 0 Å². The summed E-state index contributed by atoms with van der Waals surface area (Å²) < 4.78 is 1.58. The molecular weight excluding hydrogens is 372 g/mol. The minimum atomic E-state index is -0.0710. The van der Waals surface area contributed by atoms with E-state index in [-0.39, 0.29) is 11.5 Å². The molecule has 0 atom stereocenters. The fourth-order valence-electron chi connectivity index (χ4n) is 3.43. The Labute approximate surface area is 168 Å². The van der Waals surface area contributed by atoms with E-state index >= 15 is 0 Å². The van der Waals surface area contributed by atoms with Crippen LogP contribution in [0.5, 0.6) is 11.5 Å². The van der Waals surface area contributed by atoms with E-state index in [2.05, 4.69) is 47.8 Å². The fraction of sp³-hybridized carbons (Fsp3) is 0.238. The van der Waals surface area contributed by atoms with Gasteiger partial charge < -0.3 is 15.2 Å². The van der Waals surface area contributed by atoms with Crippen LogP contribution in [0.4, 0.5) is 0 Å². The molecule has 6 nitrogen and oxygen atoms in total. The van der Waals surface area contributed by atoms with Gasteiger partial charge in [0, 0.05) is 28.2 Å². The van der Waals surface area contributed by atoms with Gasteiger partial charge in [0.25, 0.3) is 0 Å². The maximum atomic E-state index is 10.5. The van der Waals surface area contributed by atoms with Gasteiger partial charge in [-0.2, -0.15) is 0 Å². The Balaban J connectivity index is 1.98. The van der Waals surface area contributed by atoms with Crippen molar-refractivity contribution in [3.8, 4) is 28.4 Å². The van der Waals surface area contributed by atoms with Crippen LogP contribution in [0.15, 0.2) is 41.4 Å². The summed E-state index contributed by atoms with van der Waals surface area (Å²) in [6.07, 6.45) is 0.627. The predicted octanol–water partition coefficient (Wildman–Crippen LogP) is 4.80. The number of nitrogens with zero attached hydrogens (tertiary/aromatic N) is 3. The summed E-state index contributed by atoms with van der Waals surface area (Å²) in [6.45, 7) is 6.22. The minimum Gasteiger partial charge on any atom is -0.508 e. The molecule has 0 bridgehead atoms. The Morgan fingerprint density at radius 1 is 1.14 bits per heavy atom.